The summed E-state index contributed by atoms with van der Waals surface area (Å²) in [6, 6.07) is 11.0. The molecule has 1 aromatic rings. The molecule has 0 saturated heterocycles. The molecule has 0 amide bonds. The summed E-state index contributed by atoms with van der Waals surface area (Å²) in [4.78, 5) is 2.38. The molecular formula is C15H26N2. The van der Waals surface area contributed by atoms with Crippen LogP contribution < -0.4 is 5.73 Å². The van der Waals surface area contributed by atoms with Gasteiger partial charge in [0.25, 0.3) is 0 Å². The fourth-order valence-corrected chi connectivity index (χ4v) is 1.98. The van der Waals surface area contributed by atoms with E-state index in [1.807, 2.05) is 0 Å². The van der Waals surface area contributed by atoms with Crippen molar-refractivity contribution >= 4 is 0 Å². The Morgan fingerprint density at radius 1 is 1.12 bits per heavy atom. The van der Waals surface area contributed by atoms with Crippen LogP contribution in [0.1, 0.15) is 31.7 Å². The van der Waals surface area contributed by atoms with Crippen LogP contribution in [0.25, 0.3) is 0 Å². The zero-order valence-corrected chi connectivity index (χ0v) is 11.2. The molecule has 0 bridgehead atoms. The molecule has 2 nitrogen and oxygen atoms in total. The SMILES string of the molecule is CCCC(N)CCN(C)CCc1ccccc1. The van der Waals surface area contributed by atoms with Crippen molar-refractivity contribution in [1.82, 2.24) is 4.90 Å². The Kier molecular flexibility index (Phi) is 6.90. The largest absolute Gasteiger partial charge is 0.328 e. The maximum atomic E-state index is 6.01. The number of likely N-dealkylation sites (N-methyl/N-ethyl adjacent to an activating group) is 1. The van der Waals surface area contributed by atoms with Crippen LogP contribution in [0, 0.1) is 0 Å². The molecule has 0 radical (unpaired) electrons. The molecule has 0 aliphatic carbocycles. The van der Waals surface area contributed by atoms with Gasteiger partial charge in [0.2, 0.25) is 0 Å². The van der Waals surface area contributed by atoms with Gasteiger partial charge >= 0.3 is 0 Å². The van der Waals surface area contributed by atoms with E-state index in [4.69, 9.17) is 5.73 Å². The van der Waals surface area contributed by atoms with Gasteiger partial charge in [0, 0.05) is 12.6 Å². The average molecular weight is 234 g/mol. The molecule has 1 atom stereocenters. The van der Waals surface area contributed by atoms with Crippen molar-refractivity contribution in [3.05, 3.63) is 35.9 Å². The standard InChI is InChI=1S/C15H26N2/c1-3-7-15(16)11-13-17(2)12-10-14-8-5-4-6-9-14/h4-6,8-9,15H,3,7,10-13,16H2,1-2H3. The summed E-state index contributed by atoms with van der Waals surface area (Å²) >= 11 is 0. The van der Waals surface area contributed by atoms with Crippen molar-refractivity contribution in [2.45, 2.75) is 38.6 Å². The molecule has 0 fully saturated rings. The first-order valence-electron chi connectivity index (χ1n) is 6.70. The fourth-order valence-electron chi connectivity index (χ4n) is 1.98. The lowest BCUT2D eigenvalue weighted by Crippen LogP contribution is -2.29. The summed E-state index contributed by atoms with van der Waals surface area (Å²) in [5, 5.41) is 0. The topological polar surface area (TPSA) is 29.3 Å². The van der Waals surface area contributed by atoms with E-state index >= 15 is 0 Å². The van der Waals surface area contributed by atoms with Crippen molar-refractivity contribution in [2.75, 3.05) is 20.1 Å². The molecule has 1 unspecified atom stereocenters. The number of nitrogens with zero attached hydrogens (tertiary/aromatic N) is 1. The predicted octanol–water partition coefficient (Wildman–Crippen LogP) is 2.68. The van der Waals surface area contributed by atoms with Gasteiger partial charge in [-0.1, -0.05) is 43.7 Å². The van der Waals surface area contributed by atoms with E-state index in [-0.39, 0.29) is 0 Å². The lowest BCUT2D eigenvalue weighted by Gasteiger charge is -2.19. The van der Waals surface area contributed by atoms with Crippen LogP contribution >= 0.6 is 0 Å². The van der Waals surface area contributed by atoms with E-state index in [0.29, 0.717) is 6.04 Å². The predicted molar refractivity (Wildman–Crippen MR) is 75.1 cm³/mol. The number of hydrogen-bond donors (Lipinski definition) is 1. The van der Waals surface area contributed by atoms with Gasteiger partial charge in [0.15, 0.2) is 0 Å². The van der Waals surface area contributed by atoms with E-state index in [1.54, 1.807) is 0 Å². The summed E-state index contributed by atoms with van der Waals surface area (Å²) in [5.41, 5.74) is 7.43. The summed E-state index contributed by atoms with van der Waals surface area (Å²) in [5.74, 6) is 0. The van der Waals surface area contributed by atoms with Crippen LogP contribution in [-0.2, 0) is 6.42 Å². The molecule has 17 heavy (non-hydrogen) atoms. The quantitative estimate of drug-likeness (QED) is 0.749. The van der Waals surface area contributed by atoms with Crippen LogP contribution in [0.2, 0.25) is 0 Å². The first-order valence-corrected chi connectivity index (χ1v) is 6.70. The van der Waals surface area contributed by atoms with Crippen LogP contribution in [0.4, 0.5) is 0 Å². The van der Waals surface area contributed by atoms with Gasteiger partial charge in [0.1, 0.15) is 0 Å². The Morgan fingerprint density at radius 3 is 2.47 bits per heavy atom. The highest BCUT2D eigenvalue weighted by Crippen LogP contribution is 2.03. The highest BCUT2D eigenvalue weighted by atomic mass is 15.1. The molecule has 2 heteroatoms. The molecule has 0 aromatic heterocycles. The van der Waals surface area contributed by atoms with Gasteiger partial charge in [-0.2, -0.15) is 0 Å². The summed E-state index contributed by atoms with van der Waals surface area (Å²) in [7, 11) is 2.18. The first-order chi connectivity index (χ1) is 8.22. The molecule has 1 aromatic carbocycles. The molecule has 2 N–H and O–H groups in total. The zero-order valence-electron chi connectivity index (χ0n) is 11.2. The molecule has 0 aliphatic rings. The molecule has 96 valence electrons. The van der Waals surface area contributed by atoms with Gasteiger partial charge in [-0.05, 0) is 38.4 Å². The molecule has 0 aliphatic heterocycles. The Morgan fingerprint density at radius 2 is 1.82 bits per heavy atom. The lowest BCUT2D eigenvalue weighted by atomic mass is 10.1. The maximum Gasteiger partial charge on any atom is 0.00509 e. The number of benzene rings is 1. The molecular weight excluding hydrogens is 208 g/mol. The van der Waals surface area contributed by atoms with Gasteiger partial charge in [-0.25, -0.2) is 0 Å². The summed E-state index contributed by atoms with van der Waals surface area (Å²) in [6.07, 6.45) is 4.57. The average Bonchev–Trinajstić information content (AvgIpc) is 2.35. The smallest absolute Gasteiger partial charge is 0.00509 e. The minimum Gasteiger partial charge on any atom is -0.328 e. The van der Waals surface area contributed by atoms with Gasteiger partial charge in [0.05, 0.1) is 0 Å². The van der Waals surface area contributed by atoms with Crippen molar-refractivity contribution in [3.8, 4) is 0 Å². The van der Waals surface area contributed by atoms with E-state index in [0.717, 1.165) is 32.4 Å². The normalized spacial score (nSPS) is 12.9. The number of hydrogen-bond acceptors (Lipinski definition) is 2. The van der Waals surface area contributed by atoms with Gasteiger partial charge in [-0.15, -0.1) is 0 Å². The lowest BCUT2D eigenvalue weighted by molar-refractivity contribution is 0.318. The van der Waals surface area contributed by atoms with Crippen LogP contribution in [0.15, 0.2) is 30.3 Å². The van der Waals surface area contributed by atoms with Crippen LogP contribution in [0.5, 0.6) is 0 Å². The minimum atomic E-state index is 0.374. The van der Waals surface area contributed by atoms with Gasteiger partial charge in [-0.3, -0.25) is 0 Å². The highest BCUT2D eigenvalue weighted by Gasteiger charge is 2.04. The third-order valence-corrected chi connectivity index (χ3v) is 3.17. The zero-order chi connectivity index (χ0) is 12.5. The first kappa shape index (κ1) is 14.2. The molecule has 0 saturated carbocycles. The third-order valence-electron chi connectivity index (χ3n) is 3.17. The van der Waals surface area contributed by atoms with Gasteiger partial charge < -0.3 is 10.6 Å². The Bertz CT molecular complexity index is 284. The minimum absolute atomic E-state index is 0.374. The molecule has 1 rings (SSSR count). The molecule has 0 heterocycles. The number of rotatable bonds is 8. The highest BCUT2D eigenvalue weighted by molar-refractivity contribution is 5.14. The fraction of sp³-hybridized carbons (Fsp3) is 0.600. The number of nitrogens with two attached hydrogens (primary N) is 1. The second kappa shape index (κ2) is 8.26. The van der Waals surface area contributed by atoms with E-state index < -0.39 is 0 Å². The van der Waals surface area contributed by atoms with Crippen molar-refractivity contribution in [3.63, 3.8) is 0 Å². The molecule has 0 spiro atoms. The van der Waals surface area contributed by atoms with Crippen molar-refractivity contribution in [1.29, 1.82) is 0 Å². The Balaban J connectivity index is 2.15. The van der Waals surface area contributed by atoms with Crippen LogP contribution in [-0.4, -0.2) is 31.1 Å². The summed E-state index contributed by atoms with van der Waals surface area (Å²) in [6.45, 7) is 4.41. The third kappa shape index (κ3) is 6.44. The second-order valence-corrected chi connectivity index (χ2v) is 4.88. The van der Waals surface area contributed by atoms with Crippen molar-refractivity contribution in [2.24, 2.45) is 5.73 Å². The summed E-state index contributed by atoms with van der Waals surface area (Å²) < 4.78 is 0. The Hall–Kier alpha value is -0.860. The van der Waals surface area contributed by atoms with E-state index in [1.165, 1.54) is 12.0 Å². The van der Waals surface area contributed by atoms with E-state index in [2.05, 4.69) is 49.2 Å². The second-order valence-electron chi connectivity index (χ2n) is 4.88. The van der Waals surface area contributed by atoms with E-state index in [9.17, 15) is 0 Å². The van der Waals surface area contributed by atoms with Crippen LogP contribution in [0.3, 0.4) is 0 Å². The monoisotopic (exact) mass is 234 g/mol. The Labute approximate surface area is 106 Å². The maximum absolute atomic E-state index is 6.01. The van der Waals surface area contributed by atoms with Crippen molar-refractivity contribution < 1.29 is 0 Å².